The van der Waals surface area contributed by atoms with E-state index in [0.717, 1.165) is 12.3 Å². The molecule has 21 heavy (non-hydrogen) atoms. The van der Waals surface area contributed by atoms with Gasteiger partial charge in [-0.25, -0.2) is 9.37 Å². The maximum atomic E-state index is 13.1. The summed E-state index contributed by atoms with van der Waals surface area (Å²) in [6.07, 6.45) is 0.925. The van der Waals surface area contributed by atoms with Gasteiger partial charge in [0.05, 0.1) is 36.2 Å². The first kappa shape index (κ1) is 14.3. The van der Waals surface area contributed by atoms with Crippen LogP contribution in [0.1, 0.15) is 15.9 Å². The molecule has 6 nitrogen and oxygen atoms in total. The topological polar surface area (TPSA) is 101 Å². The van der Waals surface area contributed by atoms with Gasteiger partial charge in [-0.2, -0.15) is 5.26 Å². The Morgan fingerprint density at radius 1 is 1.48 bits per heavy atom. The van der Waals surface area contributed by atoms with Gasteiger partial charge in [-0.05, 0) is 18.2 Å². The third-order valence-corrected chi connectivity index (χ3v) is 2.71. The van der Waals surface area contributed by atoms with Crippen LogP contribution in [0, 0.1) is 17.1 Å². The van der Waals surface area contributed by atoms with E-state index in [1.165, 1.54) is 25.3 Å². The average molecular weight is 286 g/mol. The number of ether oxygens (including phenoxy) is 1. The molecule has 0 aliphatic heterocycles. The molecule has 1 aromatic heterocycles. The van der Waals surface area contributed by atoms with Crippen molar-refractivity contribution in [2.24, 2.45) is 0 Å². The van der Waals surface area contributed by atoms with E-state index in [1.807, 2.05) is 6.07 Å². The number of pyridine rings is 1. The first-order chi connectivity index (χ1) is 10.0. The summed E-state index contributed by atoms with van der Waals surface area (Å²) < 4.78 is 18.2. The number of nitrogens with one attached hydrogen (secondary N) is 1. The number of nitrogens with two attached hydrogens (primary N) is 1. The molecule has 0 spiro atoms. The monoisotopic (exact) mass is 286 g/mol. The third kappa shape index (κ3) is 3.06. The van der Waals surface area contributed by atoms with Gasteiger partial charge in [-0.1, -0.05) is 0 Å². The first-order valence-corrected chi connectivity index (χ1v) is 5.85. The highest BCUT2D eigenvalue weighted by Crippen LogP contribution is 2.26. The van der Waals surface area contributed by atoms with Gasteiger partial charge in [0.2, 0.25) is 0 Å². The number of nitriles is 1. The van der Waals surface area contributed by atoms with Crippen LogP contribution in [0.4, 0.5) is 15.9 Å². The average Bonchev–Trinajstić information content (AvgIpc) is 2.49. The van der Waals surface area contributed by atoms with Crippen molar-refractivity contribution in [2.45, 2.75) is 0 Å². The van der Waals surface area contributed by atoms with Crippen LogP contribution < -0.4 is 15.8 Å². The first-order valence-electron chi connectivity index (χ1n) is 5.85. The zero-order valence-corrected chi connectivity index (χ0v) is 11.1. The predicted octanol–water partition coefficient (Wildman–Crippen LogP) is 1.94. The maximum absolute atomic E-state index is 13.1. The molecule has 0 atom stereocenters. The second-order valence-corrected chi connectivity index (χ2v) is 4.07. The molecule has 0 radical (unpaired) electrons. The summed E-state index contributed by atoms with van der Waals surface area (Å²) in [5.74, 6) is -1.06. The number of anilines is 2. The van der Waals surface area contributed by atoms with Crippen LogP contribution in [0.15, 0.2) is 30.5 Å². The molecule has 106 valence electrons. The predicted molar refractivity (Wildman–Crippen MR) is 74.3 cm³/mol. The molecule has 2 rings (SSSR count). The van der Waals surface area contributed by atoms with Gasteiger partial charge in [0.25, 0.3) is 5.91 Å². The summed E-state index contributed by atoms with van der Waals surface area (Å²) in [5, 5.41) is 11.4. The smallest absolute Gasteiger partial charge is 0.259 e. The van der Waals surface area contributed by atoms with Gasteiger partial charge >= 0.3 is 0 Å². The Labute approximate surface area is 120 Å². The number of rotatable bonds is 3. The van der Waals surface area contributed by atoms with Crippen molar-refractivity contribution in [3.05, 3.63) is 47.4 Å². The van der Waals surface area contributed by atoms with Gasteiger partial charge in [0.15, 0.2) is 0 Å². The number of nitrogens with zero attached hydrogens (tertiary/aromatic N) is 2. The highest BCUT2D eigenvalue weighted by atomic mass is 19.1. The number of carbonyl (C=O) groups is 1. The molecule has 3 N–H and O–H groups in total. The second kappa shape index (κ2) is 5.88. The number of aromatic nitrogens is 1. The van der Waals surface area contributed by atoms with Crippen LogP contribution in [0.2, 0.25) is 0 Å². The lowest BCUT2D eigenvalue weighted by Crippen LogP contribution is -2.15. The van der Waals surface area contributed by atoms with Crippen molar-refractivity contribution in [1.29, 1.82) is 5.26 Å². The number of hydrogen-bond donors (Lipinski definition) is 2. The Balaban J connectivity index is 2.32. The third-order valence-electron chi connectivity index (χ3n) is 2.71. The van der Waals surface area contributed by atoms with Gasteiger partial charge in [0, 0.05) is 6.07 Å². The zero-order valence-electron chi connectivity index (χ0n) is 11.1. The van der Waals surface area contributed by atoms with Crippen molar-refractivity contribution < 1.29 is 13.9 Å². The Morgan fingerprint density at radius 3 is 2.90 bits per heavy atom. The van der Waals surface area contributed by atoms with Crippen LogP contribution >= 0.6 is 0 Å². The quantitative estimate of drug-likeness (QED) is 0.897. The fourth-order valence-electron chi connectivity index (χ4n) is 1.69. The highest BCUT2D eigenvalue weighted by molar-refractivity contribution is 6.07. The highest BCUT2D eigenvalue weighted by Gasteiger charge is 2.14. The van der Waals surface area contributed by atoms with E-state index < -0.39 is 11.7 Å². The molecule has 0 unspecified atom stereocenters. The normalized spacial score (nSPS) is 9.76. The van der Waals surface area contributed by atoms with Gasteiger partial charge in [0.1, 0.15) is 17.4 Å². The summed E-state index contributed by atoms with van der Waals surface area (Å²) in [6, 6.07) is 7.46. The lowest BCUT2D eigenvalue weighted by molar-refractivity contribution is 0.102. The molecular formula is C14H11FN4O2. The van der Waals surface area contributed by atoms with Crippen LogP contribution in [0.5, 0.6) is 5.75 Å². The number of methoxy groups -OCH3 is 1. The molecule has 0 fully saturated rings. The van der Waals surface area contributed by atoms with E-state index >= 15 is 0 Å². The van der Waals surface area contributed by atoms with Gasteiger partial charge in [-0.15, -0.1) is 0 Å². The number of carbonyl (C=O) groups excluding carboxylic acids is 1. The summed E-state index contributed by atoms with van der Waals surface area (Å²) in [5.41, 5.74) is 6.19. The van der Waals surface area contributed by atoms with E-state index in [2.05, 4.69) is 10.3 Å². The molecule has 0 saturated heterocycles. The number of halogens is 1. The van der Waals surface area contributed by atoms with E-state index in [4.69, 9.17) is 15.7 Å². The fourth-order valence-corrected chi connectivity index (χ4v) is 1.69. The van der Waals surface area contributed by atoms with Crippen LogP contribution in [0.25, 0.3) is 0 Å². The van der Waals surface area contributed by atoms with Crippen LogP contribution in [-0.2, 0) is 0 Å². The Bertz CT molecular complexity index is 740. The molecule has 0 bridgehead atoms. The maximum Gasteiger partial charge on any atom is 0.259 e. The fraction of sp³-hybridized carbons (Fsp3) is 0.0714. The second-order valence-electron chi connectivity index (χ2n) is 4.07. The van der Waals surface area contributed by atoms with E-state index in [1.54, 1.807) is 0 Å². The molecule has 0 aliphatic carbocycles. The minimum atomic E-state index is -0.666. The van der Waals surface area contributed by atoms with E-state index in [-0.39, 0.29) is 11.4 Å². The standard InChI is InChI=1S/C14H11FN4O2/c1-21-12-4-8(6-16)2-3-11(12)19-14(20)10-5-9(15)7-18-13(10)17/h2-5,7H,1H3,(H2,17,18)(H,19,20). The lowest BCUT2D eigenvalue weighted by atomic mass is 10.2. The molecular weight excluding hydrogens is 275 g/mol. The molecule has 7 heteroatoms. The van der Waals surface area contributed by atoms with Crippen molar-refractivity contribution >= 4 is 17.4 Å². The summed E-state index contributed by atoms with van der Waals surface area (Å²) in [7, 11) is 1.41. The zero-order chi connectivity index (χ0) is 15.4. The minimum absolute atomic E-state index is 0.0819. The Kier molecular flexibility index (Phi) is 4.00. The molecule has 0 aliphatic rings. The van der Waals surface area contributed by atoms with Crippen molar-refractivity contribution in [1.82, 2.24) is 4.98 Å². The summed E-state index contributed by atoms with van der Waals surface area (Å²) in [6.45, 7) is 0. The molecule has 1 aromatic carbocycles. The van der Waals surface area contributed by atoms with Crippen LogP contribution in [0.3, 0.4) is 0 Å². The van der Waals surface area contributed by atoms with E-state index in [0.29, 0.717) is 17.0 Å². The van der Waals surface area contributed by atoms with Crippen LogP contribution in [-0.4, -0.2) is 18.0 Å². The van der Waals surface area contributed by atoms with Crippen molar-refractivity contribution in [3.63, 3.8) is 0 Å². The summed E-state index contributed by atoms with van der Waals surface area (Å²) >= 11 is 0. The number of nitrogen functional groups attached to an aromatic ring is 1. The molecule has 0 saturated carbocycles. The number of hydrogen-bond acceptors (Lipinski definition) is 5. The van der Waals surface area contributed by atoms with E-state index in [9.17, 15) is 9.18 Å². The largest absolute Gasteiger partial charge is 0.495 e. The lowest BCUT2D eigenvalue weighted by Gasteiger charge is -2.11. The molecule has 1 amide bonds. The van der Waals surface area contributed by atoms with Crippen molar-refractivity contribution in [2.75, 3.05) is 18.2 Å². The Morgan fingerprint density at radius 2 is 2.24 bits per heavy atom. The molecule has 1 heterocycles. The molecule has 2 aromatic rings. The minimum Gasteiger partial charge on any atom is -0.495 e. The number of benzene rings is 1. The number of amides is 1. The van der Waals surface area contributed by atoms with Gasteiger partial charge in [-0.3, -0.25) is 4.79 Å². The SMILES string of the molecule is COc1cc(C#N)ccc1NC(=O)c1cc(F)cnc1N. The van der Waals surface area contributed by atoms with Gasteiger partial charge < -0.3 is 15.8 Å². The summed E-state index contributed by atoms with van der Waals surface area (Å²) in [4.78, 5) is 15.7. The van der Waals surface area contributed by atoms with Crippen molar-refractivity contribution in [3.8, 4) is 11.8 Å². The Hall–Kier alpha value is -3.14.